The van der Waals surface area contributed by atoms with E-state index in [9.17, 15) is 4.79 Å². The van der Waals surface area contributed by atoms with Crippen molar-refractivity contribution >= 4 is 23.7 Å². The van der Waals surface area contributed by atoms with E-state index in [4.69, 9.17) is 17.0 Å². The molecule has 0 aliphatic carbocycles. The van der Waals surface area contributed by atoms with E-state index in [1.165, 1.54) is 5.49 Å². The third-order valence-corrected chi connectivity index (χ3v) is 2.46. The second-order valence-electron chi connectivity index (χ2n) is 3.33. The Balaban J connectivity index is 2.88. The Morgan fingerprint density at radius 3 is 2.93 bits per heavy atom. The van der Waals surface area contributed by atoms with Gasteiger partial charge in [-0.1, -0.05) is 12.2 Å². The lowest BCUT2D eigenvalue weighted by atomic mass is 10.2. The first-order chi connectivity index (χ1) is 7.20. The van der Waals surface area contributed by atoms with Crippen molar-refractivity contribution in [3.8, 4) is 0 Å². The van der Waals surface area contributed by atoms with Gasteiger partial charge in [-0.05, 0) is 19.8 Å². The summed E-state index contributed by atoms with van der Waals surface area (Å²) in [6.45, 7) is 3.13. The zero-order valence-electron chi connectivity index (χ0n) is 9.08. The number of nitrogens with zero attached hydrogens (tertiary/aromatic N) is 1. The minimum atomic E-state index is -0.331. The maximum absolute atomic E-state index is 11.6. The highest BCUT2D eigenvalue weighted by atomic mass is 32.1. The molecule has 0 bridgehead atoms. The highest BCUT2D eigenvalue weighted by Gasteiger charge is 2.22. The van der Waals surface area contributed by atoms with Gasteiger partial charge >= 0.3 is 5.97 Å². The van der Waals surface area contributed by atoms with E-state index in [1.807, 2.05) is 7.05 Å². The van der Waals surface area contributed by atoms with Crippen molar-refractivity contribution in [3.63, 3.8) is 0 Å². The SMILES string of the molecule is CCOC(=O)/C(NC=S)=C1\CCCN1C. The van der Waals surface area contributed by atoms with Crippen molar-refractivity contribution in [2.45, 2.75) is 19.8 Å². The highest BCUT2D eigenvalue weighted by molar-refractivity contribution is 7.78. The molecule has 0 aromatic carbocycles. The summed E-state index contributed by atoms with van der Waals surface area (Å²) in [7, 11) is 1.96. The van der Waals surface area contributed by atoms with Crippen molar-refractivity contribution in [1.82, 2.24) is 10.2 Å². The third-order valence-electron chi connectivity index (χ3n) is 2.34. The van der Waals surface area contributed by atoms with Crippen LogP contribution in [0.5, 0.6) is 0 Å². The first-order valence-electron chi connectivity index (χ1n) is 5.02. The van der Waals surface area contributed by atoms with Crippen molar-refractivity contribution in [3.05, 3.63) is 11.4 Å². The van der Waals surface area contributed by atoms with Gasteiger partial charge in [-0.2, -0.15) is 0 Å². The van der Waals surface area contributed by atoms with Crippen LogP contribution in [0.2, 0.25) is 0 Å². The van der Waals surface area contributed by atoms with Crippen LogP contribution in [0.4, 0.5) is 0 Å². The van der Waals surface area contributed by atoms with E-state index in [2.05, 4.69) is 10.2 Å². The largest absolute Gasteiger partial charge is 0.461 e. The van der Waals surface area contributed by atoms with E-state index >= 15 is 0 Å². The van der Waals surface area contributed by atoms with Crippen LogP contribution >= 0.6 is 12.2 Å². The molecular weight excluding hydrogens is 212 g/mol. The lowest BCUT2D eigenvalue weighted by molar-refractivity contribution is -0.138. The molecule has 1 aliphatic rings. The number of carbonyl (C=O) groups is 1. The van der Waals surface area contributed by atoms with Gasteiger partial charge in [-0.25, -0.2) is 4.79 Å². The second-order valence-corrected chi connectivity index (χ2v) is 3.57. The van der Waals surface area contributed by atoms with Crippen LogP contribution in [0.3, 0.4) is 0 Å². The monoisotopic (exact) mass is 228 g/mol. The summed E-state index contributed by atoms with van der Waals surface area (Å²) in [6.07, 6.45) is 1.95. The van der Waals surface area contributed by atoms with Crippen LogP contribution in [0.1, 0.15) is 19.8 Å². The first kappa shape index (κ1) is 12.0. The molecule has 1 rings (SSSR count). The van der Waals surface area contributed by atoms with Crippen LogP contribution in [0.25, 0.3) is 0 Å². The number of allylic oxidation sites excluding steroid dienone is 1. The summed E-state index contributed by atoms with van der Waals surface area (Å²) in [5.74, 6) is -0.331. The molecular formula is C10H16N2O2S. The molecule has 5 heteroatoms. The predicted molar refractivity (Wildman–Crippen MR) is 62.3 cm³/mol. The minimum Gasteiger partial charge on any atom is -0.461 e. The molecule has 0 unspecified atom stereocenters. The lowest BCUT2D eigenvalue weighted by Crippen LogP contribution is -2.26. The predicted octanol–water partition coefficient (Wildman–Crippen LogP) is 1.03. The maximum atomic E-state index is 11.6. The fraction of sp³-hybridized carbons (Fsp3) is 0.600. The Morgan fingerprint density at radius 2 is 2.47 bits per heavy atom. The van der Waals surface area contributed by atoms with E-state index < -0.39 is 0 Å². The quantitative estimate of drug-likeness (QED) is 0.442. The van der Waals surface area contributed by atoms with Gasteiger partial charge in [-0.15, -0.1) is 0 Å². The van der Waals surface area contributed by atoms with E-state index in [0.29, 0.717) is 12.3 Å². The molecule has 4 nitrogen and oxygen atoms in total. The molecule has 0 atom stereocenters. The van der Waals surface area contributed by atoms with Crippen molar-refractivity contribution in [1.29, 1.82) is 0 Å². The van der Waals surface area contributed by atoms with E-state index in [1.54, 1.807) is 6.92 Å². The van der Waals surface area contributed by atoms with Crippen molar-refractivity contribution in [2.24, 2.45) is 0 Å². The normalized spacial score (nSPS) is 18.7. The smallest absolute Gasteiger partial charge is 0.356 e. The molecule has 1 heterocycles. The summed E-state index contributed by atoms with van der Waals surface area (Å²) in [5, 5.41) is 2.79. The Morgan fingerprint density at radius 1 is 1.73 bits per heavy atom. The van der Waals surface area contributed by atoms with Gasteiger partial charge in [0.15, 0.2) is 0 Å². The standard InChI is InChI=1S/C10H16N2O2S/c1-3-14-10(13)9(11-7-15)8-5-4-6-12(8)2/h7H,3-6H2,1-2H3,(H,11,15)/b9-8-. The number of hydrogen-bond acceptors (Lipinski definition) is 4. The van der Waals surface area contributed by atoms with E-state index in [0.717, 1.165) is 25.1 Å². The molecule has 84 valence electrons. The third kappa shape index (κ3) is 2.92. The Kier molecular flexibility index (Phi) is 4.55. The Hall–Kier alpha value is -1.10. The zero-order chi connectivity index (χ0) is 11.3. The summed E-state index contributed by atoms with van der Waals surface area (Å²) < 4.78 is 4.97. The average molecular weight is 228 g/mol. The lowest BCUT2D eigenvalue weighted by Gasteiger charge is -2.17. The van der Waals surface area contributed by atoms with Crippen LogP contribution in [0.15, 0.2) is 11.4 Å². The topological polar surface area (TPSA) is 41.6 Å². The molecule has 15 heavy (non-hydrogen) atoms. The molecule has 1 aliphatic heterocycles. The number of rotatable bonds is 4. The van der Waals surface area contributed by atoms with Crippen LogP contribution in [-0.2, 0) is 9.53 Å². The molecule has 0 amide bonds. The van der Waals surface area contributed by atoms with Gasteiger partial charge in [0, 0.05) is 19.3 Å². The van der Waals surface area contributed by atoms with Crippen molar-refractivity contribution < 1.29 is 9.53 Å². The minimum absolute atomic E-state index is 0.331. The highest BCUT2D eigenvalue weighted by Crippen LogP contribution is 2.21. The number of nitrogens with one attached hydrogen (secondary N) is 1. The molecule has 1 N–H and O–H groups in total. The van der Waals surface area contributed by atoms with E-state index in [-0.39, 0.29) is 5.97 Å². The first-order valence-corrected chi connectivity index (χ1v) is 5.49. The number of likely N-dealkylation sites (tertiary alicyclic amines) is 1. The number of esters is 1. The molecule has 0 aromatic rings. The average Bonchev–Trinajstić information content (AvgIpc) is 2.61. The fourth-order valence-corrected chi connectivity index (χ4v) is 1.77. The number of ether oxygens (including phenoxy) is 1. The van der Waals surface area contributed by atoms with Crippen LogP contribution in [0, 0.1) is 0 Å². The van der Waals surface area contributed by atoms with Gasteiger partial charge in [0.1, 0.15) is 5.70 Å². The van der Waals surface area contributed by atoms with Gasteiger partial charge < -0.3 is 15.0 Å². The molecule has 0 radical (unpaired) electrons. The number of carbonyl (C=O) groups excluding carboxylic acids is 1. The summed E-state index contributed by atoms with van der Waals surface area (Å²) in [4.78, 5) is 13.7. The van der Waals surface area contributed by atoms with Crippen LogP contribution in [-0.4, -0.2) is 36.6 Å². The molecule has 0 saturated carbocycles. The number of thiocarbonyl (C=S) groups is 1. The summed E-state index contributed by atoms with van der Waals surface area (Å²) in [6, 6.07) is 0. The van der Waals surface area contributed by atoms with Crippen LogP contribution < -0.4 is 5.32 Å². The van der Waals surface area contributed by atoms with Gasteiger partial charge in [-0.3, -0.25) is 0 Å². The zero-order valence-corrected chi connectivity index (χ0v) is 9.89. The summed E-state index contributed by atoms with van der Waals surface area (Å²) in [5.41, 5.74) is 2.80. The Labute approximate surface area is 95.3 Å². The van der Waals surface area contributed by atoms with Gasteiger partial charge in [0.2, 0.25) is 0 Å². The Bertz CT molecular complexity index is 289. The molecule has 1 fully saturated rings. The van der Waals surface area contributed by atoms with Gasteiger partial charge in [0.25, 0.3) is 0 Å². The summed E-state index contributed by atoms with van der Waals surface area (Å²) >= 11 is 4.71. The molecule has 1 saturated heterocycles. The maximum Gasteiger partial charge on any atom is 0.356 e. The molecule has 0 spiro atoms. The van der Waals surface area contributed by atoms with Gasteiger partial charge in [0.05, 0.1) is 12.1 Å². The molecule has 0 aromatic heterocycles. The second kappa shape index (κ2) is 5.70. The number of hydrogen-bond donors (Lipinski definition) is 1. The van der Waals surface area contributed by atoms with Crippen molar-refractivity contribution in [2.75, 3.05) is 20.2 Å². The fourth-order valence-electron chi connectivity index (χ4n) is 1.65.